The molecule has 2 fully saturated rings. The van der Waals surface area contributed by atoms with Crippen LogP contribution in [0.25, 0.3) is 11.4 Å². The van der Waals surface area contributed by atoms with Crippen molar-refractivity contribution in [1.82, 2.24) is 24.6 Å². The standard InChI is InChI=1S/C23H35N7O2/c1-23(2,3)32-22(31)29-11-9-28(10-12-29)20-6-8-25-21(27-20)18-15-26-30(16-18)19-13-17(14-19)5-4-7-24/h6,8,15-17,19H,4-5,7,9-14,24H2,1-3H3. The van der Waals surface area contributed by atoms with E-state index >= 15 is 0 Å². The van der Waals surface area contributed by atoms with E-state index in [0.717, 1.165) is 30.3 Å². The van der Waals surface area contributed by atoms with Gasteiger partial charge in [-0.2, -0.15) is 5.10 Å². The number of anilines is 1. The van der Waals surface area contributed by atoms with Gasteiger partial charge in [0.25, 0.3) is 0 Å². The molecule has 9 nitrogen and oxygen atoms in total. The van der Waals surface area contributed by atoms with Crippen LogP contribution < -0.4 is 10.6 Å². The summed E-state index contributed by atoms with van der Waals surface area (Å²) >= 11 is 0. The maximum absolute atomic E-state index is 12.3. The minimum atomic E-state index is -0.481. The van der Waals surface area contributed by atoms with Gasteiger partial charge in [0.1, 0.15) is 11.4 Å². The van der Waals surface area contributed by atoms with E-state index in [2.05, 4.69) is 25.9 Å². The van der Waals surface area contributed by atoms with Crippen LogP contribution in [0.3, 0.4) is 0 Å². The first kappa shape index (κ1) is 22.5. The van der Waals surface area contributed by atoms with Crippen LogP contribution in [0.1, 0.15) is 52.5 Å². The summed E-state index contributed by atoms with van der Waals surface area (Å²) in [5, 5.41) is 4.57. The predicted molar refractivity (Wildman–Crippen MR) is 123 cm³/mol. The SMILES string of the molecule is CC(C)(C)OC(=O)N1CCN(c2ccnc(-c3cnn(C4CC(CCCN)C4)c3)n2)CC1. The fraction of sp³-hybridized carbons (Fsp3) is 0.652. The average Bonchev–Trinajstić information content (AvgIpc) is 3.21. The molecule has 1 saturated carbocycles. The van der Waals surface area contributed by atoms with Crippen LogP contribution in [-0.2, 0) is 4.74 Å². The van der Waals surface area contributed by atoms with E-state index in [-0.39, 0.29) is 6.09 Å². The second-order valence-electron chi connectivity index (χ2n) is 9.82. The van der Waals surface area contributed by atoms with Crippen molar-refractivity contribution in [3.8, 4) is 11.4 Å². The molecule has 3 heterocycles. The van der Waals surface area contributed by atoms with Crippen molar-refractivity contribution in [3.05, 3.63) is 24.7 Å². The molecule has 2 aromatic heterocycles. The van der Waals surface area contributed by atoms with Crippen LogP contribution in [0, 0.1) is 5.92 Å². The van der Waals surface area contributed by atoms with Gasteiger partial charge in [-0.3, -0.25) is 4.68 Å². The second-order valence-corrected chi connectivity index (χ2v) is 9.82. The molecule has 0 unspecified atom stereocenters. The molecule has 1 aliphatic carbocycles. The third-order valence-electron chi connectivity index (χ3n) is 6.16. The lowest BCUT2D eigenvalue weighted by Gasteiger charge is -2.36. The van der Waals surface area contributed by atoms with E-state index in [0.29, 0.717) is 38.0 Å². The van der Waals surface area contributed by atoms with Crippen molar-refractivity contribution in [1.29, 1.82) is 0 Å². The van der Waals surface area contributed by atoms with Crippen molar-refractivity contribution < 1.29 is 9.53 Å². The van der Waals surface area contributed by atoms with E-state index in [1.807, 2.05) is 33.0 Å². The number of hydrogen-bond acceptors (Lipinski definition) is 7. The summed E-state index contributed by atoms with van der Waals surface area (Å²) in [7, 11) is 0. The first-order valence-electron chi connectivity index (χ1n) is 11.6. The molecule has 0 aromatic carbocycles. The van der Waals surface area contributed by atoms with Gasteiger partial charge in [0.2, 0.25) is 0 Å². The normalized spacial score (nSPS) is 21.4. The van der Waals surface area contributed by atoms with E-state index < -0.39 is 5.60 Å². The van der Waals surface area contributed by atoms with Crippen molar-refractivity contribution in [3.63, 3.8) is 0 Å². The van der Waals surface area contributed by atoms with E-state index in [9.17, 15) is 4.79 Å². The fourth-order valence-electron chi connectivity index (χ4n) is 4.32. The molecule has 2 N–H and O–H groups in total. The minimum Gasteiger partial charge on any atom is -0.444 e. The Kier molecular flexibility index (Phi) is 6.64. The van der Waals surface area contributed by atoms with Crippen LogP contribution in [0.2, 0.25) is 0 Å². The second kappa shape index (κ2) is 9.44. The molecular formula is C23H35N7O2. The predicted octanol–water partition coefficient (Wildman–Crippen LogP) is 3.09. The zero-order chi connectivity index (χ0) is 22.7. The lowest BCUT2D eigenvalue weighted by molar-refractivity contribution is 0.0240. The van der Waals surface area contributed by atoms with Crippen LogP contribution in [0.4, 0.5) is 10.6 Å². The molecule has 2 aromatic rings. The summed E-state index contributed by atoms with van der Waals surface area (Å²) < 4.78 is 7.54. The molecule has 174 valence electrons. The molecule has 0 radical (unpaired) electrons. The van der Waals surface area contributed by atoms with Crippen LogP contribution in [-0.4, -0.2) is 69.1 Å². The molecule has 32 heavy (non-hydrogen) atoms. The summed E-state index contributed by atoms with van der Waals surface area (Å²) in [5.41, 5.74) is 6.07. The Hall–Kier alpha value is -2.68. The molecule has 0 spiro atoms. The van der Waals surface area contributed by atoms with Gasteiger partial charge in [-0.15, -0.1) is 0 Å². The van der Waals surface area contributed by atoms with Crippen LogP contribution in [0.15, 0.2) is 24.7 Å². The summed E-state index contributed by atoms with van der Waals surface area (Å²) in [6.45, 7) is 9.07. The molecule has 4 rings (SSSR count). The van der Waals surface area contributed by atoms with Gasteiger partial charge in [-0.1, -0.05) is 0 Å². The van der Waals surface area contributed by atoms with Crippen molar-refractivity contribution >= 4 is 11.9 Å². The molecule has 1 amide bonds. The van der Waals surface area contributed by atoms with E-state index in [1.165, 1.54) is 19.3 Å². The van der Waals surface area contributed by atoms with Gasteiger partial charge in [0, 0.05) is 38.6 Å². The topological polar surface area (TPSA) is 102 Å². The Morgan fingerprint density at radius 1 is 1.22 bits per heavy atom. The summed E-state index contributed by atoms with van der Waals surface area (Å²) in [6, 6.07) is 2.39. The zero-order valence-electron chi connectivity index (χ0n) is 19.4. The number of aromatic nitrogens is 4. The number of hydrogen-bond donors (Lipinski definition) is 1. The third kappa shape index (κ3) is 5.38. The number of carbonyl (C=O) groups excluding carboxylic acids is 1. The van der Waals surface area contributed by atoms with Gasteiger partial charge in [0.05, 0.1) is 17.8 Å². The summed E-state index contributed by atoms with van der Waals surface area (Å²) in [4.78, 5) is 25.5. The van der Waals surface area contributed by atoms with E-state index in [4.69, 9.17) is 15.5 Å². The Morgan fingerprint density at radius 3 is 2.66 bits per heavy atom. The highest BCUT2D eigenvalue weighted by molar-refractivity contribution is 5.68. The van der Waals surface area contributed by atoms with Crippen molar-refractivity contribution in [2.75, 3.05) is 37.6 Å². The molecule has 9 heteroatoms. The lowest BCUT2D eigenvalue weighted by Crippen LogP contribution is -2.50. The molecule has 2 aliphatic rings. The number of carbonyl (C=O) groups is 1. The molecule has 1 saturated heterocycles. The largest absolute Gasteiger partial charge is 0.444 e. The zero-order valence-corrected chi connectivity index (χ0v) is 19.4. The van der Waals surface area contributed by atoms with Crippen molar-refractivity contribution in [2.24, 2.45) is 11.7 Å². The maximum atomic E-state index is 12.3. The lowest BCUT2D eigenvalue weighted by atomic mass is 9.77. The quantitative estimate of drug-likeness (QED) is 0.735. The minimum absolute atomic E-state index is 0.255. The highest BCUT2D eigenvalue weighted by Gasteiger charge is 2.31. The number of ether oxygens (including phenoxy) is 1. The Labute approximate surface area is 189 Å². The monoisotopic (exact) mass is 441 g/mol. The molecule has 1 aliphatic heterocycles. The van der Waals surface area contributed by atoms with Gasteiger partial charge in [-0.05, 0) is 65.0 Å². The average molecular weight is 442 g/mol. The number of piperazine rings is 1. The Morgan fingerprint density at radius 2 is 1.97 bits per heavy atom. The van der Waals surface area contributed by atoms with Gasteiger partial charge < -0.3 is 20.3 Å². The summed E-state index contributed by atoms with van der Waals surface area (Å²) in [5.74, 6) is 2.33. The summed E-state index contributed by atoms with van der Waals surface area (Å²) in [6.07, 6.45) is 10.1. The molecule has 0 atom stereocenters. The van der Waals surface area contributed by atoms with Gasteiger partial charge >= 0.3 is 6.09 Å². The number of nitrogens with two attached hydrogens (primary N) is 1. The highest BCUT2D eigenvalue weighted by atomic mass is 16.6. The first-order valence-corrected chi connectivity index (χ1v) is 11.6. The van der Waals surface area contributed by atoms with Crippen molar-refractivity contribution in [2.45, 2.75) is 58.1 Å². The highest BCUT2D eigenvalue weighted by Crippen LogP contribution is 2.40. The Bertz CT molecular complexity index is 909. The van der Waals surface area contributed by atoms with Gasteiger partial charge in [0.15, 0.2) is 5.82 Å². The smallest absolute Gasteiger partial charge is 0.410 e. The molecule has 0 bridgehead atoms. The third-order valence-corrected chi connectivity index (χ3v) is 6.16. The Balaban J connectivity index is 1.34. The maximum Gasteiger partial charge on any atom is 0.410 e. The van der Waals surface area contributed by atoms with E-state index in [1.54, 1.807) is 11.1 Å². The fourth-order valence-corrected chi connectivity index (χ4v) is 4.32. The van der Waals surface area contributed by atoms with Crippen LogP contribution in [0.5, 0.6) is 0 Å². The van der Waals surface area contributed by atoms with Gasteiger partial charge in [-0.25, -0.2) is 14.8 Å². The number of nitrogens with zero attached hydrogens (tertiary/aromatic N) is 6. The molecular weight excluding hydrogens is 406 g/mol. The number of rotatable bonds is 6. The van der Waals surface area contributed by atoms with Crippen LogP contribution >= 0.6 is 0 Å². The number of amides is 1. The first-order chi connectivity index (χ1) is 15.3.